The Balaban J connectivity index is 1.37. The lowest BCUT2D eigenvalue weighted by Crippen LogP contribution is -2.29. The Morgan fingerprint density at radius 1 is 0.738 bits per heavy atom. The van der Waals surface area contributed by atoms with E-state index < -0.39 is 50.9 Å². The van der Waals surface area contributed by atoms with Gasteiger partial charge in [-0.25, -0.2) is 19.5 Å². The fourth-order valence-corrected chi connectivity index (χ4v) is 8.51. The number of fused-ring (bicyclic) bond motifs is 1. The number of hydrogen-bond acceptors (Lipinski definition) is 13. The number of aromatic nitrogens is 4. The number of nitrogen functional groups attached to an aromatic ring is 1. The molecule has 1 aliphatic heterocycles. The van der Waals surface area contributed by atoms with Crippen LogP contribution in [0.2, 0.25) is 0 Å². The van der Waals surface area contributed by atoms with Crippen molar-refractivity contribution < 1.29 is 47.4 Å². The van der Waals surface area contributed by atoms with Crippen LogP contribution in [0, 0.1) is 0 Å². The van der Waals surface area contributed by atoms with Crippen molar-refractivity contribution in [3.8, 4) is 0 Å². The second-order valence-electron chi connectivity index (χ2n) is 16.9. The van der Waals surface area contributed by atoms with Gasteiger partial charge in [0.25, 0.3) is 0 Å². The second kappa shape index (κ2) is 32.0. The summed E-state index contributed by atoms with van der Waals surface area (Å²) in [6, 6.07) is 0. The minimum absolute atomic E-state index is 0.0968. The predicted octanol–water partition coefficient (Wildman–Crippen LogP) is 10.6. The lowest BCUT2D eigenvalue weighted by Gasteiger charge is -2.21. The first-order chi connectivity index (χ1) is 29.6. The summed E-state index contributed by atoms with van der Waals surface area (Å²) in [7, 11) is -4.68. The number of ether oxygens (including phenoxy) is 3. The smallest absolute Gasteiger partial charge is 0.462 e. The van der Waals surface area contributed by atoms with E-state index in [1.165, 1.54) is 133 Å². The number of nitrogens with two attached hydrogens (primary N) is 1. The molecule has 1 aliphatic rings. The molecule has 1 unspecified atom stereocenters. The monoisotopic (exact) mass is 882 g/mol. The zero-order valence-electron chi connectivity index (χ0n) is 37.6. The van der Waals surface area contributed by atoms with Crippen LogP contribution in [-0.4, -0.2) is 79.6 Å². The maximum Gasteiger partial charge on any atom is 0.472 e. The van der Waals surface area contributed by atoms with Crippen LogP contribution >= 0.6 is 7.82 Å². The van der Waals surface area contributed by atoms with Crippen molar-refractivity contribution in [1.29, 1.82) is 0 Å². The van der Waals surface area contributed by atoms with Crippen LogP contribution in [0.5, 0.6) is 0 Å². The van der Waals surface area contributed by atoms with Crippen molar-refractivity contribution in [2.24, 2.45) is 0 Å². The van der Waals surface area contributed by atoms with E-state index in [-0.39, 0.29) is 38.3 Å². The van der Waals surface area contributed by atoms with Crippen molar-refractivity contribution >= 4 is 36.7 Å². The van der Waals surface area contributed by atoms with Gasteiger partial charge in [-0.2, -0.15) is 0 Å². The largest absolute Gasteiger partial charge is 0.472 e. The molecule has 4 N–H and O–H groups in total. The van der Waals surface area contributed by atoms with Crippen molar-refractivity contribution in [1.82, 2.24) is 19.5 Å². The van der Waals surface area contributed by atoms with E-state index in [9.17, 15) is 24.2 Å². The van der Waals surface area contributed by atoms with Crippen LogP contribution in [0.4, 0.5) is 5.82 Å². The summed E-state index contributed by atoms with van der Waals surface area (Å²) in [5.41, 5.74) is 6.61. The average molecular weight is 882 g/mol. The van der Waals surface area contributed by atoms with Gasteiger partial charge in [0.2, 0.25) is 0 Å². The van der Waals surface area contributed by atoms with Crippen LogP contribution < -0.4 is 5.73 Å². The van der Waals surface area contributed by atoms with Gasteiger partial charge in [-0.05, 0) is 12.8 Å². The number of aliphatic hydroxyl groups excluding tert-OH is 1. The number of anilines is 1. The maximum absolute atomic E-state index is 13.0. The van der Waals surface area contributed by atoms with Crippen LogP contribution in [0.15, 0.2) is 12.7 Å². The van der Waals surface area contributed by atoms with Crippen LogP contribution in [0.1, 0.15) is 206 Å². The summed E-state index contributed by atoms with van der Waals surface area (Å²) < 4.78 is 41.9. The molecule has 1 fully saturated rings. The molecule has 0 aromatic carbocycles. The van der Waals surface area contributed by atoms with Gasteiger partial charge in [0, 0.05) is 19.3 Å². The quantitative estimate of drug-likeness (QED) is 0.0326. The summed E-state index contributed by atoms with van der Waals surface area (Å²) in [6.07, 6.45) is 30.5. The third kappa shape index (κ3) is 23.0. The van der Waals surface area contributed by atoms with Gasteiger partial charge < -0.3 is 29.9 Å². The molecule has 2 aromatic rings. The molecule has 1 saturated heterocycles. The van der Waals surface area contributed by atoms with Gasteiger partial charge in [0.05, 0.1) is 25.6 Å². The number of phosphoric ester groups is 1. The molecule has 0 bridgehead atoms. The molecule has 3 rings (SSSR count). The number of esters is 2. The van der Waals surface area contributed by atoms with E-state index in [0.717, 1.165) is 38.5 Å². The lowest BCUT2D eigenvalue weighted by molar-refractivity contribution is -0.161. The van der Waals surface area contributed by atoms with E-state index in [2.05, 4.69) is 28.8 Å². The first-order valence-corrected chi connectivity index (χ1v) is 25.4. The number of phosphoric acid groups is 1. The van der Waals surface area contributed by atoms with Gasteiger partial charge in [-0.15, -0.1) is 0 Å². The van der Waals surface area contributed by atoms with E-state index in [0.29, 0.717) is 24.0 Å². The molecular weight excluding hydrogens is 801 g/mol. The fraction of sp³-hybridized carbons (Fsp3) is 0.844. The predicted molar refractivity (Wildman–Crippen MR) is 237 cm³/mol. The number of aliphatic hydroxyl groups is 1. The summed E-state index contributed by atoms with van der Waals surface area (Å²) in [5, 5.41) is 10.7. The third-order valence-electron chi connectivity index (χ3n) is 11.4. The number of hydrogen-bond donors (Lipinski definition) is 3. The molecule has 0 saturated carbocycles. The number of carbonyl (C=O) groups is 2. The number of carbonyl (C=O) groups excluding carboxylic acids is 2. The Hall–Kier alpha value is -2.68. The minimum atomic E-state index is -4.68. The highest BCUT2D eigenvalue weighted by Crippen LogP contribution is 2.44. The number of unbranched alkanes of at least 4 members (excludes halogenated alkanes) is 24. The molecule has 2 aromatic heterocycles. The number of rotatable bonds is 38. The van der Waals surface area contributed by atoms with Crippen molar-refractivity contribution in [2.45, 2.75) is 225 Å². The van der Waals surface area contributed by atoms with E-state index in [1.807, 2.05) is 0 Å². The molecule has 0 aliphatic carbocycles. The summed E-state index contributed by atoms with van der Waals surface area (Å²) in [4.78, 5) is 48.3. The Bertz CT molecular complexity index is 1520. The standard InChI is InChI=1S/C45H80N5O10P/c1-3-5-7-9-11-13-15-17-19-21-23-25-27-29-40(52)56-32-38(59-41(53)30-28-26-24-22-20-18-16-14-12-10-8-6-4-2)34-58-61(54,55)57-33-37-31-39(51)45(60-37)50-36-49-42-43(46)47-35-48-44(42)50/h35-39,45,51H,3-34H2,1-2H3,(H,54,55)(H2,46,47,48)/t37-,38-,39+,45+/m0/s1. The molecule has 0 amide bonds. The Kier molecular flexibility index (Phi) is 27.7. The van der Waals surface area contributed by atoms with Crippen molar-refractivity contribution in [3.63, 3.8) is 0 Å². The molecule has 16 heteroatoms. The molecule has 15 nitrogen and oxygen atoms in total. The SMILES string of the molecule is CCCCCCCCCCCCCCCC(=O)OC[C@@H](COP(=O)(O)OC[C@@H]1C[C@@H](O)[C@H](n2cnc3c(N)ncnc32)O1)OC(=O)CCCCCCCCCCCCCCC. The van der Waals surface area contributed by atoms with Gasteiger partial charge >= 0.3 is 19.8 Å². The zero-order valence-corrected chi connectivity index (χ0v) is 38.5. The summed E-state index contributed by atoms with van der Waals surface area (Å²) in [6.45, 7) is 3.27. The molecule has 5 atom stereocenters. The molecular formula is C45H80N5O10P. The summed E-state index contributed by atoms with van der Waals surface area (Å²) >= 11 is 0. The number of imidazole rings is 1. The molecule has 0 radical (unpaired) electrons. The van der Waals surface area contributed by atoms with Crippen LogP contribution in [0.25, 0.3) is 11.2 Å². The first-order valence-electron chi connectivity index (χ1n) is 23.9. The van der Waals surface area contributed by atoms with E-state index >= 15 is 0 Å². The van der Waals surface area contributed by atoms with Gasteiger partial charge in [-0.1, -0.05) is 168 Å². The highest BCUT2D eigenvalue weighted by molar-refractivity contribution is 7.47. The Morgan fingerprint density at radius 3 is 1.75 bits per heavy atom. The third-order valence-corrected chi connectivity index (χ3v) is 12.3. The molecule has 0 spiro atoms. The normalized spacial score (nSPS) is 18.1. The fourth-order valence-electron chi connectivity index (χ4n) is 7.73. The van der Waals surface area contributed by atoms with Gasteiger partial charge in [0.15, 0.2) is 23.8 Å². The highest BCUT2D eigenvalue weighted by Gasteiger charge is 2.38. The van der Waals surface area contributed by atoms with E-state index in [4.69, 9.17) is 29.0 Å². The van der Waals surface area contributed by atoms with Gasteiger partial charge in [0.1, 0.15) is 24.6 Å². The van der Waals surface area contributed by atoms with Crippen molar-refractivity contribution in [2.75, 3.05) is 25.6 Å². The number of nitrogens with zero attached hydrogens (tertiary/aromatic N) is 4. The molecule has 3 heterocycles. The molecule has 61 heavy (non-hydrogen) atoms. The average Bonchev–Trinajstić information content (AvgIpc) is 3.85. The van der Waals surface area contributed by atoms with Crippen LogP contribution in [-0.2, 0) is 37.4 Å². The minimum Gasteiger partial charge on any atom is -0.462 e. The van der Waals surface area contributed by atoms with Crippen LogP contribution in [0.3, 0.4) is 0 Å². The Labute approximate surface area is 365 Å². The van der Waals surface area contributed by atoms with E-state index in [1.54, 1.807) is 0 Å². The topological polar surface area (TPSA) is 207 Å². The maximum atomic E-state index is 13.0. The highest BCUT2D eigenvalue weighted by atomic mass is 31.2. The lowest BCUT2D eigenvalue weighted by atomic mass is 10.0. The molecule has 350 valence electrons. The van der Waals surface area contributed by atoms with Gasteiger partial charge in [-0.3, -0.25) is 23.2 Å². The second-order valence-corrected chi connectivity index (χ2v) is 18.3. The zero-order chi connectivity index (χ0) is 44.0. The van der Waals surface area contributed by atoms with Crippen molar-refractivity contribution in [3.05, 3.63) is 12.7 Å². The Morgan fingerprint density at radius 2 is 1.23 bits per heavy atom. The summed E-state index contributed by atoms with van der Waals surface area (Å²) in [5.74, 6) is -0.727. The first kappa shape index (κ1) is 52.7.